The number of halogens is 6. The predicted octanol–water partition coefficient (Wildman–Crippen LogP) is 5.24. The lowest BCUT2D eigenvalue weighted by atomic mass is 9.69. The molecule has 5 nitrogen and oxygen atoms in total. The molecule has 1 amide bonds. The molecule has 1 aliphatic carbocycles. The number of amides is 1. The quantitative estimate of drug-likeness (QED) is 0.457. The van der Waals surface area contributed by atoms with Crippen LogP contribution in [0.2, 0.25) is 0 Å². The van der Waals surface area contributed by atoms with Crippen molar-refractivity contribution in [1.82, 2.24) is 15.5 Å². The number of alkyl halides is 6. The van der Waals surface area contributed by atoms with Crippen molar-refractivity contribution < 1.29 is 35.9 Å². The molecule has 2 heterocycles. The van der Waals surface area contributed by atoms with E-state index in [2.05, 4.69) is 22.6 Å². The zero-order valence-corrected chi connectivity index (χ0v) is 21.7. The Kier molecular flexibility index (Phi) is 8.98. The topological polar surface area (TPSA) is 53.6 Å². The van der Waals surface area contributed by atoms with Gasteiger partial charge in [-0.2, -0.15) is 26.3 Å². The van der Waals surface area contributed by atoms with E-state index in [4.69, 9.17) is 4.74 Å². The highest BCUT2D eigenvalue weighted by atomic mass is 19.4. The maximum atomic E-state index is 13.8. The van der Waals surface area contributed by atoms with Crippen LogP contribution in [0.15, 0.2) is 18.2 Å². The van der Waals surface area contributed by atoms with Crippen LogP contribution in [0.3, 0.4) is 0 Å². The predicted molar refractivity (Wildman–Crippen MR) is 130 cm³/mol. The third-order valence-corrected chi connectivity index (χ3v) is 8.71. The van der Waals surface area contributed by atoms with Crippen LogP contribution in [-0.2, 0) is 28.4 Å². The summed E-state index contributed by atoms with van der Waals surface area (Å²) in [5, 5.41) is 6.06. The largest absolute Gasteiger partial charge is 0.416 e. The molecule has 2 N–H and O–H groups in total. The molecule has 2 aliphatic heterocycles. The molecule has 38 heavy (non-hydrogen) atoms. The van der Waals surface area contributed by atoms with Crippen LogP contribution in [0, 0.1) is 17.3 Å². The van der Waals surface area contributed by atoms with Crippen LogP contribution in [0.1, 0.15) is 61.6 Å². The monoisotopic (exact) mass is 549 g/mol. The summed E-state index contributed by atoms with van der Waals surface area (Å²) in [6, 6.07) is 1.68. The van der Waals surface area contributed by atoms with E-state index >= 15 is 0 Å². The molecule has 1 aromatic rings. The van der Waals surface area contributed by atoms with E-state index in [0.717, 1.165) is 65.0 Å². The second-order valence-electron chi connectivity index (χ2n) is 11.2. The van der Waals surface area contributed by atoms with Crippen molar-refractivity contribution in [3.8, 4) is 0 Å². The fourth-order valence-corrected chi connectivity index (χ4v) is 6.53. The Hall–Kier alpha value is -1.85. The average molecular weight is 550 g/mol. The Bertz CT molecular complexity index is 925. The molecule has 0 aromatic heterocycles. The van der Waals surface area contributed by atoms with Gasteiger partial charge in [-0.3, -0.25) is 4.79 Å². The molecule has 0 bridgehead atoms. The Labute approximate surface area is 219 Å². The summed E-state index contributed by atoms with van der Waals surface area (Å²) >= 11 is 0. The second kappa shape index (κ2) is 11.7. The van der Waals surface area contributed by atoms with E-state index in [9.17, 15) is 31.1 Å². The molecule has 3 fully saturated rings. The minimum atomic E-state index is -4.93. The van der Waals surface area contributed by atoms with Gasteiger partial charge in [0.2, 0.25) is 5.91 Å². The Morgan fingerprint density at radius 3 is 2.18 bits per heavy atom. The van der Waals surface area contributed by atoms with Crippen LogP contribution in [0.25, 0.3) is 0 Å². The summed E-state index contributed by atoms with van der Waals surface area (Å²) in [6.07, 6.45) is -4.09. The van der Waals surface area contributed by atoms with Gasteiger partial charge in [-0.1, -0.05) is 0 Å². The van der Waals surface area contributed by atoms with Crippen molar-refractivity contribution in [2.24, 2.45) is 17.3 Å². The van der Waals surface area contributed by atoms with Gasteiger partial charge < -0.3 is 20.3 Å². The summed E-state index contributed by atoms with van der Waals surface area (Å²) in [5.74, 6) is 0.384. The SMILES string of the molecule is CN(CC1CCOCC1)C1CCC(C(=O)NCc2cc(C(F)(F)F)cc(C(F)(F)F)c2)(C2CCNCC2)C1. The van der Waals surface area contributed by atoms with Gasteiger partial charge in [-0.05, 0) is 101 Å². The molecular formula is C27H37F6N3O2. The Morgan fingerprint density at radius 2 is 1.61 bits per heavy atom. The summed E-state index contributed by atoms with van der Waals surface area (Å²) < 4.78 is 85.3. The number of nitrogens with one attached hydrogen (secondary N) is 2. The molecule has 2 atom stereocenters. The first-order valence-corrected chi connectivity index (χ1v) is 13.4. The van der Waals surface area contributed by atoms with Crippen molar-refractivity contribution in [3.05, 3.63) is 34.9 Å². The Balaban J connectivity index is 1.50. The lowest BCUT2D eigenvalue weighted by Crippen LogP contribution is -2.48. The van der Waals surface area contributed by atoms with Crippen molar-refractivity contribution >= 4 is 5.91 Å². The van der Waals surface area contributed by atoms with Gasteiger partial charge in [0, 0.05) is 32.3 Å². The number of piperidine rings is 1. The van der Waals surface area contributed by atoms with Crippen molar-refractivity contribution in [1.29, 1.82) is 0 Å². The molecule has 214 valence electrons. The fourth-order valence-electron chi connectivity index (χ4n) is 6.53. The van der Waals surface area contributed by atoms with Crippen LogP contribution >= 0.6 is 0 Å². The lowest BCUT2D eigenvalue weighted by Gasteiger charge is -2.40. The minimum absolute atomic E-state index is 0.109. The number of nitrogens with zero attached hydrogens (tertiary/aromatic N) is 1. The van der Waals surface area contributed by atoms with Crippen molar-refractivity contribution in [2.45, 2.75) is 69.9 Å². The van der Waals surface area contributed by atoms with Gasteiger partial charge >= 0.3 is 12.4 Å². The van der Waals surface area contributed by atoms with Crippen LogP contribution in [-0.4, -0.2) is 56.7 Å². The molecule has 0 spiro atoms. The summed E-state index contributed by atoms with van der Waals surface area (Å²) in [5.41, 5.74) is -3.65. The van der Waals surface area contributed by atoms with Crippen LogP contribution < -0.4 is 10.6 Å². The summed E-state index contributed by atoms with van der Waals surface area (Å²) in [4.78, 5) is 16.1. The van der Waals surface area contributed by atoms with E-state index in [1.807, 2.05) is 0 Å². The number of carbonyl (C=O) groups is 1. The highest BCUT2D eigenvalue weighted by Crippen LogP contribution is 2.49. The molecule has 1 aromatic carbocycles. The molecule has 2 unspecified atom stereocenters. The van der Waals surface area contributed by atoms with E-state index in [1.54, 1.807) is 0 Å². The molecule has 11 heteroatoms. The number of hydrogen-bond donors (Lipinski definition) is 2. The first-order valence-electron chi connectivity index (χ1n) is 13.4. The smallest absolute Gasteiger partial charge is 0.381 e. The fraction of sp³-hybridized carbons (Fsp3) is 0.741. The van der Waals surface area contributed by atoms with Gasteiger partial charge in [-0.15, -0.1) is 0 Å². The molecule has 3 aliphatic rings. The lowest BCUT2D eigenvalue weighted by molar-refractivity contribution is -0.143. The normalized spacial score (nSPS) is 26.2. The Morgan fingerprint density at radius 1 is 1.00 bits per heavy atom. The number of hydrogen-bond acceptors (Lipinski definition) is 4. The highest BCUT2D eigenvalue weighted by Gasteiger charge is 2.51. The molecule has 2 saturated heterocycles. The summed E-state index contributed by atoms with van der Waals surface area (Å²) in [6.45, 7) is 3.62. The molecule has 4 rings (SSSR count). The maximum Gasteiger partial charge on any atom is 0.416 e. The van der Waals surface area contributed by atoms with Gasteiger partial charge in [0.05, 0.1) is 16.5 Å². The third-order valence-electron chi connectivity index (χ3n) is 8.71. The van der Waals surface area contributed by atoms with Crippen LogP contribution in [0.4, 0.5) is 26.3 Å². The standard InChI is InChI=1S/C27H37F6N3O2/c1-36(17-18-5-10-38-11-6-18)23-2-7-25(15-23,20-3-8-34-9-4-20)24(37)35-16-19-12-21(26(28,29)30)14-22(13-19)27(31,32)33/h12-14,18,20,23,34H,2-11,15-17H2,1H3,(H,35,37). The molecular weight excluding hydrogens is 512 g/mol. The van der Waals surface area contributed by atoms with Crippen molar-refractivity contribution in [3.63, 3.8) is 0 Å². The average Bonchev–Trinajstić information content (AvgIpc) is 3.34. The van der Waals surface area contributed by atoms with Gasteiger partial charge in [-0.25, -0.2) is 0 Å². The van der Waals surface area contributed by atoms with Gasteiger partial charge in [0.1, 0.15) is 0 Å². The van der Waals surface area contributed by atoms with E-state index < -0.39 is 28.9 Å². The first-order chi connectivity index (χ1) is 17.9. The highest BCUT2D eigenvalue weighted by molar-refractivity contribution is 5.83. The van der Waals surface area contributed by atoms with Crippen LogP contribution in [0.5, 0.6) is 0 Å². The van der Waals surface area contributed by atoms with E-state index in [1.165, 1.54) is 0 Å². The number of carbonyl (C=O) groups excluding carboxylic acids is 1. The zero-order chi connectivity index (χ0) is 27.6. The second-order valence-corrected chi connectivity index (χ2v) is 11.2. The molecule has 1 saturated carbocycles. The van der Waals surface area contributed by atoms with Gasteiger partial charge in [0.15, 0.2) is 0 Å². The number of rotatable bonds is 7. The third kappa shape index (κ3) is 6.83. The number of ether oxygens (including phenoxy) is 1. The first kappa shape index (κ1) is 29.1. The van der Waals surface area contributed by atoms with Crippen molar-refractivity contribution in [2.75, 3.05) is 39.9 Å². The van der Waals surface area contributed by atoms with E-state index in [-0.39, 0.29) is 36.0 Å². The zero-order valence-electron chi connectivity index (χ0n) is 21.7. The summed E-state index contributed by atoms with van der Waals surface area (Å²) in [7, 11) is 2.08. The maximum absolute atomic E-state index is 13.8. The molecule has 0 radical (unpaired) electrons. The minimum Gasteiger partial charge on any atom is -0.381 e. The van der Waals surface area contributed by atoms with E-state index in [0.29, 0.717) is 30.9 Å². The number of benzene rings is 1. The van der Waals surface area contributed by atoms with Gasteiger partial charge in [0.25, 0.3) is 0 Å².